The monoisotopic (exact) mass is 520 g/mol. The fraction of sp³-hybridized carbons (Fsp3) is 0.214. The molecule has 1 unspecified atom stereocenters. The number of amidine groups is 1. The van der Waals surface area contributed by atoms with Gasteiger partial charge in [0.1, 0.15) is 17.6 Å². The van der Waals surface area contributed by atoms with Crippen LogP contribution in [0.15, 0.2) is 66.7 Å². The van der Waals surface area contributed by atoms with E-state index in [1.807, 2.05) is 56.3 Å². The molecular formula is C28H32N4O6. The van der Waals surface area contributed by atoms with Crippen LogP contribution in [0.4, 0.5) is 5.69 Å². The first-order valence-corrected chi connectivity index (χ1v) is 11.7. The fourth-order valence-corrected chi connectivity index (χ4v) is 3.62. The SMILES string of the molecule is CC(=O)O.Cc1cc(C)c(OCC(=O)O)c(C(Nc2ccc(C(=N)N)cc2)C(=O)NCc2ccccc2)c1. The summed E-state index contributed by atoms with van der Waals surface area (Å²) in [6, 6.07) is 19.2. The smallest absolute Gasteiger partial charge is 0.341 e. The second kappa shape index (κ2) is 14.0. The molecule has 3 rings (SSSR count). The number of nitrogens with one attached hydrogen (secondary N) is 3. The van der Waals surface area contributed by atoms with Crippen LogP contribution in [0.2, 0.25) is 0 Å². The second-order valence-electron chi connectivity index (χ2n) is 8.47. The number of carboxylic acids is 2. The van der Waals surface area contributed by atoms with E-state index in [0.29, 0.717) is 29.1 Å². The highest BCUT2D eigenvalue weighted by Crippen LogP contribution is 2.33. The highest BCUT2D eigenvalue weighted by molar-refractivity contribution is 5.95. The van der Waals surface area contributed by atoms with Crippen LogP contribution in [0.3, 0.4) is 0 Å². The van der Waals surface area contributed by atoms with Crippen molar-refractivity contribution in [3.63, 3.8) is 0 Å². The van der Waals surface area contributed by atoms with Gasteiger partial charge in [-0.05, 0) is 55.3 Å². The van der Waals surface area contributed by atoms with Gasteiger partial charge in [-0.2, -0.15) is 0 Å². The van der Waals surface area contributed by atoms with Crippen molar-refractivity contribution >= 4 is 29.4 Å². The van der Waals surface area contributed by atoms with Crippen molar-refractivity contribution < 1.29 is 29.3 Å². The van der Waals surface area contributed by atoms with Crippen molar-refractivity contribution in [2.24, 2.45) is 5.73 Å². The number of hydrogen-bond acceptors (Lipinski definition) is 6. The van der Waals surface area contributed by atoms with Crippen molar-refractivity contribution in [3.8, 4) is 5.75 Å². The number of carboxylic acid groups (broad SMARTS) is 2. The Balaban J connectivity index is 0.00000118. The summed E-state index contributed by atoms with van der Waals surface area (Å²) >= 11 is 0. The molecule has 0 saturated heterocycles. The molecular weight excluding hydrogens is 488 g/mol. The summed E-state index contributed by atoms with van der Waals surface area (Å²) < 4.78 is 5.60. The normalized spacial score (nSPS) is 10.8. The Morgan fingerprint density at radius 2 is 1.61 bits per heavy atom. The number of nitrogen functional groups attached to an aromatic ring is 1. The van der Waals surface area contributed by atoms with Gasteiger partial charge in [0.15, 0.2) is 6.61 Å². The van der Waals surface area contributed by atoms with Crippen LogP contribution in [0, 0.1) is 19.3 Å². The number of rotatable bonds is 10. The Kier molecular flexibility index (Phi) is 10.8. The molecule has 38 heavy (non-hydrogen) atoms. The lowest BCUT2D eigenvalue weighted by Gasteiger charge is -2.24. The van der Waals surface area contributed by atoms with E-state index in [1.54, 1.807) is 24.3 Å². The molecule has 0 bridgehead atoms. The van der Waals surface area contributed by atoms with Gasteiger partial charge < -0.3 is 31.3 Å². The van der Waals surface area contributed by atoms with Crippen LogP contribution in [0.1, 0.15) is 40.8 Å². The minimum Gasteiger partial charge on any atom is -0.481 e. The summed E-state index contributed by atoms with van der Waals surface area (Å²) in [7, 11) is 0. The topological polar surface area (TPSA) is 175 Å². The van der Waals surface area contributed by atoms with Gasteiger partial charge in [0.25, 0.3) is 5.97 Å². The molecule has 10 nitrogen and oxygen atoms in total. The number of hydrogen-bond donors (Lipinski definition) is 6. The third-order valence-corrected chi connectivity index (χ3v) is 5.18. The van der Waals surface area contributed by atoms with Crippen LogP contribution < -0.4 is 21.1 Å². The zero-order chi connectivity index (χ0) is 28.2. The molecule has 0 heterocycles. The highest BCUT2D eigenvalue weighted by atomic mass is 16.5. The zero-order valence-corrected chi connectivity index (χ0v) is 21.4. The van der Waals surface area contributed by atoms with Gasteiger partial charge in [-0.25, -0.2) is 4.79 Å². The van der Waals surface area contributed by atoms with E-state index < -0.39 is 24.6 Å². The Hall–Kier alpha value is -4.86. The Bertz CT molecular complexity index is 1270. The summed E-state index contributed by atoms with van der Waals surface area (Å²) in [6.45, 7) is 4.60. The number of ether oxygens (including phenoxy) is 1. The van der Waals surface area contributed by atoms with Crippen LogP contribution >= 0.6 is 0 Å². The molecule has 0 spiro atoms. The van der Waals surface area contributed by atoms with Gasteiger partial charge in [0, 0.05) is 30.3 Å². The van der Waals surface area contributed by atoms with E-state index in [4.69, 9.17) is 30.9 Å². The van der Waals surface area contributed by atoms with Crippen molar-refractivity contribution in [2.45, 2.75) is 33.4 Å². The summed E-state index contributed by atoms with van der Waals surface area (Å²) in [5, 5.41) is 30.3. The van der Waals surface area contributed by atoms with Gasteiger partial charge in [0.2, 0.25) is 5.91 Å². The number of carbonyl (C=O) groups excluding carboxylic acids is 1. The van der Waals surface area contributed by atoms with Crippen molar-refractivity contribution in [3.05, 3.63) is 94.5 Å². The maximum atomic E-state index is 13.4. The van der Waals surface area contributed by atoms with E-state index in [9.17, 15) is 9.59 Å². The summed E-state index contributed by atoms with van der Waals surface area (Å²) in [5.41, 5.74) is 9.85. The summed E-state index contributed by atoms with van der Waals surface area (Å²) in [6.07, 6.45) is 0. The van der Waals surface area contributed by atoms with E-state index in [2.05, 4.69) is 10.6 Å². The number of anilines is 1. The van der Waals surface area contributed by atoms with E-state index in [1.165, 1.54) is 0 Å². The third-order valence-electron chi connectivity index (χ3n) is 5.18. The highest BCUT2D eigenvalue weighted by Gasteiger charge is 2.26. The maximum Gasteiger partial charge on any atom is 0.341 e. The second-order valence-corrected chi connectivity index (χ2v) is 8.47. The Morgan fingerprint density at radius 3 is 2.16 bits per heavy atom. The van der Waals surface area contributed by atoms with Gasteiger partial charge in [-0.15, -0.1) is 0 Å². The van der Waals surface area contributed by atoms with E-state index in [0.717, 1.165) is 23.6 Å². The number of aryl methyl sites for hydroxylation is 2. The molecule has 1 atom stereocenters. The molecule has 0 saturated carbocycles. The first-order chi connectivity index (χ1) is 18.0. The minimum absolute atomic E-state index is 0.0534. The van der Waals surface area contributed by atoms with Gasteiger partial charge in [-0.3, -0.25) is 15.0 Å². The van der Waals surface area contributed by atoms with E-state index >= 15 is 0 Å². The predicted molar refractivity (Wildman–Crippen MR) is 144 cm³/mol. The first-order valence-electron chi connectivity index (χ1n) is 11.7. The average Bonchev–Trinajstić information content (AvgIpc) is 2.85. The number of amides is 1. The number of nitrogens with two attached hydrogens (primary N) is 1. The Labute approximate surface area is 221 Å². The molecule has 0 aromatic heterocycles. The summed E-state index contributed by atoms with van der Waals surface area (Å²) in [5.74, 6) is -1.95. The molecule has 0 aliphatic rings. The molecule has 0 radical (unpaired) electrons. The van der Waals surface area contributed by atoms with Crippen LogP contribution in [0.25, 0.3) is 0 Å². The molecule has 0 fully saturated rings. The lowest BCUT2D eigenvalue weighted by atomic mass is 9.98. The number of benzene rings is 3. The Morgan fingerprint density at radius 1 is 1.00 bits per heavy atom. The molecule has 200 valence electrons. The maximum absolute atomic E-state index is 13.4. The molecule has 0 aliphatic heterocycles. The molecule has 3 aromatic carbocycles. The molecule has 3 aromatic rings. The standard InChI is InChI=1S/C26H28N4O4.C2H4O2/c1-16-12-17(2)24(34-15-22(31)32)21(13-16)23(26(33)29-14-18-6-4-3-5-7-18)30-20-10-8-19(9-11-20)25(27)28;1-2(3)4/h3-13,23,30H,14-15H2,1-2H3,(H3,27,28)(H,29,33)(H,31,32);1H3,(H,3,4). The molecule has 1 amide bonds. The molecule has 7 N–H and O–H groups in total. The van der Waals surface area contributed by atoms with Crippen LogP contribution in [0.5, 0.6) is 5.75 Å². The quantitative estimate of drug-likeness (QED) is 0.174. The van der Waals surface area contributed by atoms with Crippen LogP contribution in [-0.4, -0.2) is 40.5 Å². The molecule has 10 heteroatoms. The van der Waals surface area contributed by atoms with Gasteiger partial charge in [-0.1, -0.05) is 42.0 Å². The predicted octanol–water partition coefficient (Wildman–Crippen LogP) is 3.61. The summed E-state index contributed by atoms with van der Waals surface area (Å²) in [4.78, 5) is 33.6. The first kappa shape index (κ1) is 29.4. The number of carbonyl (C=O) groups is 3. The lowest BCUT2D eigenvalue weighted by molar-refractivity contribution is -0.139. The average molecular weight is 521 g/mol. The largest absolute Gasteiger partial charge is 0.481 e. The van der Waals surface area contributed by atoms with Crippen LogP contribution in [-0.2, 0) is 20.9 Å². The van der Waals surface area contributed by atoms with Crippen molar-refractivity contribution in [2.75, 3.05) is 11.9 Å². The third kappa shape index (κ3) is 9.30. The van der Waals surface area contributed by atoms with Gasteiger partial charge in [0.05, 0.1) is 0 Å². The molecule has 0 aliphatic carbocycles. The zero-order valence-electron chi connectivity index (χ0n) is 21.4. The number of aliphatic carboxylic acids is 2. The lowest BCUT2D eigenvalue weighted by Crippen LogP contribution is -2.33. The van der Waals surface area contributed by atoms with Crippen molar-refractivity contribution in [1.29, 1.82) is 5.41 Å². The van der Waals surface area contributed by atoms with Crippen molar-refractivity contribution in [1.82, 2.24) is 5.32 Å². The van der Waals surface area contributed by atoms with E-state index in [-0.39, 0.29) is 11.7 Å². The minimum atomic E-state index is -1.11. The van der Waals surface area contributed by atoms with Gasteiger partial charge >= 0.3 is 5.97 Å². The fourth-order valence-electron chi connectivity index (χ4n) is 3.62.